The van der Waals surface area contributed by atoms with Crippen molar-refractivity contribution in [3.8, 4) is 22.5 Å². The van der Waals surface area contributed by atoms with Crippen LogP contribution in [-0.2, 0) is 11.0 Å². The van der Waals surface area contributed by atoms with Crippen LogP contribution in [0.1, 0.15) is 37.7 Å². The maximum atomic E-state index is 14.6. The molecule has 0 spiro atoms. The van der Waals surface area contributed by atoms with Gasteiger partial charge in [-0.3, -0.25) is 9.59 Å². The van der Waals surface area contributed by atoms with Gasteiger partial charge in [-0.2, -0.15) is 13.2 Å². The first-order valence-corrected chi connectivity index (χ1v) is 11.5. The molecule has 194 valence electrons. The number of carboxylic acids is 1. The third-order valence-electron chi connectivity index (χ3n) is 6.17. The Bertz CT molecular complexity index is 1470. The molecule has 1 aliphatic carbocycles. The molecule has 0 bridgehead atoms. The standard InChI is InChI=1S/C19H10F5N3O.C7H12O2/c20-13-7-12(14(21)6-11(13)9-1-4-17(28)25-8-9)18-26-15-3-2-10(19(22,23)24)5-16(15)27-18;8-7(9)6-4-2-1-3-5-6/h1-8H,(H,25,28)(H,26,27);6H,1-5H2,(H,8,9). The number of carboxylic acid groups (broad SMARTS) is 1. The molecule has 37 heavy (non-hydrogen) atoms. The molecule has 0 aliphatic heterocycles. The number of nitrogens with zero attached hydrogens (tertiary/aromatic N) is 1. The quantitative estimate of drug-likeness (QED) is 0.268. The number of benzene rings is 2. The Hall–Kier alpha value is -4.02. The highest BCUT2D eigenvalue weighted by Gasteiger charge is 2.31. The maximum absolute atomic E-state index is 14.6. The van der Waals surface area contributed by atoms with Gasteiger partial charge in [-0.25, -0.2) is 13.8 Å². The second kappa shape index (κ2) is 10.5. The van der Waals surface area contributed by atoms with Gasteiger partial charge in [-0.1, -0.05) is 19.3 Å². The van der Waals surface area contributed by atoms with E-state index in [1.54, 1.807) is 0 Å². The van der Waals surface area contributed by atoms with Crippen molar-refractivity contribution in [2.45, 2.75) is 38.3 Å². The molecule has 3 N–H and O–H groups in total. The van der Waals surface area contributed by atoms with Crippen molar-refractivity contribution < 1.29 is 31.9 Å². The molecule has 0 atom stereocenters. The second-order valence-electron chi connectivity index (χ2n) is 8.74. The number of halogens is 5. The zero-order valence-corrected chi connectivity index (χ0v) is 19.3. The topological polar surface area (TPSA) is 98.8 Å². The van der Waals surface area contributed by atoms with Crippen molar-refractivity contribution in [1.82, 2.24) is 15.0 Å². The highest BCUT2D eigenvalue weighted by Crippen LogP contribution is 2.33. The van der Waals surface area contributed by atoms with Gasteiger partial charge in [-0.05, 0) is 49.2 Å². The summed E-state index contributed by atoms with van der Waals surface area (Å²) in [6.07, 6.45) is 1.96. The summed E-state index contributed by atoms with van der Waals surface area (Å²) < 4.78 is 67.6. The number of nitrogens with one attached hydrogen (secondary N) is 2. The van der Waals surface area contributed by atoms with Crippen molar-refractivity contribution >= 4 is 17.0 Å². The van der Waals surface area contributed by atoms with Crippen LogP contribution in [0, 0.1) is 17.6 Å². The van der Waals surface area contributed by atoms with Crippen molar-refractivity contribution in [1.29, 1.82) is 0 Å². The number of carbonyl (C=O) groups is 1. The van der Waals surface area contributed by atoms with Crippen molar-refractivity contribution in [3.05, 3.63) is 76.2 Å². The lowest BCUT2D eigenvalue weighted by Crippen LogP contribution is -2.16. The fourth-order valence-electron chi connectivity index (χ4n) is 4.19. The number of aliphatic carboxylic acids is 1. The Morgan fingerprint density at radius 1 is 0.946 bits per heavy atom. The fraction of sp³-hybridized carbons (Fsp3) is 0.269. The number of aromatic amines is 2. The molecule has 4 aromatic rings. The van der Waals surface area contributed by atoms with E-state index in [1.165, 1.54) is 24.8 Å². The summed E-state index contributed by atoms with van der Waals surface area (Å²) >= 11 is 0. The van der Waals surface area contributed by atoms with Gasteiger partial charge < -0.3 is 15.1 Å². The molecule has 0 saturated heterocycles. The molecule has 6 nitrogen and oxygen atoms in total. The molecule has 5 rings (SSSR count). The number of hydrogen-bond acceptors (Lipinski definition) is 3. The van der Waals surface area contributed by atoms with Crippen LogP contribution < -0.4 is 5.56 Å². The van der Waals surface area contributed by atoms with E-state index in [1.807, 2.05) is 0 Å². The zero-order chi connectivity index (χ0) is 26.7. The lowest BCUT2D eigenvalue weighted by atomic mass is 9.90. The molecular weight excluding hydrogens is 497 g/mol. The summed E-state index contributed by atoms with van der Waals surface area (Å²) in [5.74, 6) is -2.33. The predicted octanol–water partition coefficient (Wildman–Crippen LogP) is 6.53. The number of pyridine rings is 1. The van der Waals surface area contributed by atoms with E-state index in [4.69, 9.17) is 5.11 Å². The predicted molar refractivity (Wildman–Crippen MR) is 127 cm³/mol. The minimum absolute atomic E-state index is 0.0289. The Kier molecular flexibility index (Phi) is 7.42. The number of imidazole rings is 1. The molecule has 1 saturated carbocycles. The molecule has 2 heterocycles. The van der Waals surface area contributed by atoms with Crippen LogP contribution in [-0.4, -0.2) is 26.0 Å². The summed E-state index contributed by atoms with van der Waals surface area (Å²) in [6, 6.07) is 7.23. The van der Waals surface area contributed by atoms with Crippen molar-refractivity contribution in [3.63, 3.8) is 0 Å². The SMILES string of the molecule is O=C(O)C1CCCCC1.O=c1ccc(-c2cc(F)c(-c3nc4ccc(C(F)(F)F)cc4[nH]3)cc2F)c[nH]1. The molecular formula is C26H22F5N3O3. The summed E-state index contributed by atoms with van der Waals surface area (Å²) in [4.78, 5) is 30.5. The third kappa shape index (κ3) is 6.04. The van der Waals surface area contributed by atoms with Crippen LogP contribution in [0.3, 0.4) is 0 Å². The first kappa shape index (κ1) is 26.1. The Balaban J connectivity index is 0.000000301. The number of H-pyrrole nitrogens is 2. The minimum Gasteiger partial charge on any atom is -0.481 e. The zero-order valence-electron chi connectivity index (χ0n) is 19.3. The van der Waals surface area contributed by atoms with Crippen molar-refractivity contribution in [2.75, 3.05) is 0 Å². The van der Waals surface area contributed by atoms with Gasteiger partial charge in [0.05, 0.1) is 28.1 Å². The first-order chi connectivity index (χ1) is 17.5. The Labute approximate surface area is 207 Å². The highest BCUT2D eigenvalue weighted by atomic mass is 19.4. The van der Waals surface area contributed by atoms with E-state index in [-0.39, 0.29) is 45.0 Å². The van der Waals surface area contributed by atoms with Crippen LogP contribution >= 0.6 is 0 Å². The molecule has 0 radical (unpaired) electrons. The fourth-order valence-corrected chi connectivity index (χ4v) is 4.19. The van der Waals surface area contributed by atoms with Gasteiger partial charge in [0.1, 0.15) is 17.5 Å². The second-order valence-corrected chi connectivity index (χ2v) is 8.74. The number of rotatable bonds is 3. The molecule has 1 fully saturated rings. The average Bonchev–Trinajstić information content (AvgIpc) is 3.29. The van der Waals surface area contributed by atoms with Gasteiger partial charge in [0.2, 0.25) is 5.56 Å². The van der Waals surface area contributed by atoms with E-state index >= 15 is 0 Å². The lowest BCUT2D eigenvalue weighted by Gasteiger charge is -2.16. The monoisotopic (exact) mass is 519 g/mol. The number of fused-ring (bicyclic) bond motifs is 1. The van der Waals surface area contributed by atoms with Crippen LogP contribution in [0.25, 0.3) is 33.5 Å². The molecule has 0 unspecified atom stereocenters. The van der Waals surface area contributed by atoms with E-state index in [0.29, 0.717) is 0 Å². The van der Waals surface area contributed by atoms with Gasteiger partial charge in [0.15, 0.2) is 0 Å². The molecule has 2 aromatic carbocycles. The largest absolute Gasteiger partial charge is 0.481 e. The summed E-state index contributed by atoms with van der Waals surface area (Å²) in [7, 11) is 0. The van der Waals surface area contributed by atoms with Crippen LogP contribution in [0.4, 0.5) is 22.0 Å². The lowest BCUT2D eigenvalue weighted by molar-refractivity contribution is -0.142. The van der Waals surface area contributed by atoms with Gasteiger partial charge in [0, 0.05) is 23.4 Å². The van der Waals surface area contributed by atoms with Crippen LogP contribution in [0.5, 0.6) is 0 Å². The van der Waals surface area contributed by atoms with Gasteiger partial charge in [0.25, 0.3) is 0 Å². The number of hydrogen-bond donors (Lipinski definition) is 3. The molecule has 1 aliphatic rings. The van der Waals surface area contributed by atoms with Gasteiger partial charge in [-0.15, -0.1) is 0 Å². The normalized spacial score (nSPS) is 14.3. The summed E-state index contributed by atoms with van der Waals surface area (Å²) in [5, 5.41) is 8.54. The average molecular weight is 519 g/mol. The van der Waals surface area contributed by atoms with Gasteiger partial charge >= 0.3 is 12.1 Å². The molecule has 11 heteroatoms. The summed E-state index contributed by atoms with van der Waals surface area (Å²) in [6.45, 7) is 0. The number of aromatic nitrogens is 3. The Morgan fingerprint density at radius 3 is 2.22 bits per heavy atom. The number of alkyl halides is 3. The highest BCUT2D eigenvalue weighted by molar-refractivity contribution is 5.81. The smallest absolute Gasteiger partial charge is 0.416 e. The van der Waals surface area contributed by atoms with Crippen LogP contribution in [0.2, 0.25) is 0 Å². The van der Waals surface area contributed by atoms with Crippen LogP contribution in [0.15, 0.2) is 53.5 Å². The van der Waals surface area contributed by atoms with E-state index in [9.17, 15) is 31.5 Å². The summed E-state index contributed by atoms with van der Waals surface area (Å²) in [5.41, 5.74) is -1.07. The Morgan fingerprint density at radius 2 is 1.62 bits per heavy atom. The van der Waals surface area contributed by atoms with E-state index < -0.39 is 29.3 Å². The van der Waals surface area contributed by atoms with Crippen molar-refractivity contribution in [2.24, 2.45) is 5.92 Å². The third-order valence-corrected chi connectivity index (χ3v) is 6.17. The molecule has 2 aromatic heterocycles. The van der Waals surface area contributed by atoms with E-state index in [0.717, 1.165) is 56.0 Å². The molecule has 0 amide bonds. The maximum Gasteiger partial charge on any atom is 0.416 e. The minimum atomic E-state index is -4.53. The van der Waals surface area contributed by atoms with E-state index in [2.05, 4.69) is 15.0 Å². The first-order valence-electron chi connectivity index (χ1n) is 11.5.